The summed E-state index contributed by atoms with van der Waals surface area (Å²) in [5.74, 6) is 1.05. The summed E-state index contributed by atoms with van der Waals surface area (Å²) in [6.45, 7) is 24.1. The van der Waals surface area contributed by atoms with Crippen LogP contribution in [0.1, 0.15) is 178 Å². The average Bonchev–Trinajstić information content (AvgIpc) is 4.00. The first-order chi connectivity index (χ1) is 30.9. The SMILES string of the molecule is CC[C@H]1/C2=C/c3[nH]c4c(c3C)=C(O)[C@H](C(=O)OC)C=4C3N/C(=C\c4[nH]c(c(C(C)=O)c4C)/C=C(\N2)[C@@H]1C)[C@@H](C)[C@@H]3CC[C@@H](O)OC/C=C(\C)CCC[C@H](C)CCC[C@H](C)CCCC(C)C. The Morgan fingerprint density at radius 1 is 0.815 bits per heavy atom. The number of fused-ring (bicyclic) bond motifs is 8. The molecule has 1 unspecified atom stereocenters. The molecule has 0 aromatic carbocycles. The molecule has 0 radical (unpaired) electrons. The number of rotatable bonds is 21. The van der Waals surface area contributed by atoms with Crippen molar-refractivity contribution < 1.29 is 29.3 Å². The van der Waals surface area contributed by atoms with Crippen LogP contribution >= 0.6 is 0 Å². The third-order valence-electron chi connectivity index (χ3n) is 15.5. The van der Waals surface area contributed by atoms with Crippen molar-refractivity contribution in [1.29, 1.82) is 0 Å². The standard InChI is InChI=1S/C55H82N4O6/c1-13-39-34(7)41-29-46-48(38(11)60)36(9)43(57-46)27-42-35(8)40(52(58-42)50-51(55(63)64-12)54(62)49-37(10)44(59-53(49)50)28-45(39)56-41)23-24-47(61)65-26-25-33(6)22-16-21-32(5)20-15-19-31(4)18-14-17-30(2)3/h25,27-32,34-35,39-40,47,51-52,56-59,61-62H,13-24,26H2,1-12H3/b33-25+,41-29-,42-27-,45-28-/t31-,32-,34-,35+,39-,40+,47+,51-,52?/m1/s1. The zero-order chi connectivity index (χ0) is 47.3. The number of Topliss-reactive ketones (excluding diaryl/α,β-unsaturated/α-hetero) is 1. The van der Waals surface area contributed by atoms with E-state index in [0.717, 1.165) is 93.2 Å². The Morgan fingerprint density at radius 2 is 1.45 bits per heavy atom. The number of carbonyl (C=O) groups excluding carboxylic acids is 2. The molecule has 3 aliphatic heterocycles. The molecule has 2 aromatic heterocycles. The van der Waals surface area contributed by atoms with E-state index in [1.807, 2.05) is 13.8 Å². The van der Waals surface area contributed by atoms with Gasteiger partial charge >= 0.3 is 5.97 Å². The lowest BCUT2D eigenvalue weighted by molar-refractivity contribution is -0.142. The number of aliphatic hydroxyl groups excluding tert-OH is 2. The first-order valence-corrected chi connectivity index (χ1v) is 25.1. The zero-order valence-corrected chi connectivity index (χ0v) is 41.8. The Morgan fingerprint density at radius 3 is 2.09 bits per heavy atom. The Hall–Kier alpha value is -4.28. The molecule has 65 heavy (non-hydrogen) atoms. The van der Waals surface area contributed by atoms with Gasteiger partial charge in [-0.3, -0.25) is 9.59 Å². The average molecular weight is 895 g/mol. The molecule has 10 nitrogen and oxygen atoms in total. The van der Waals surface area contributed by atoms with Crippen LogP contribution in [0.5, 0.6) is 0 Å². The predicted molar refractivity (Wildman–Crippen MR) is 265 cm³/mol. The van der Waals surface area contributed by atoms with Crippen molar-refractivity contribution in [1.82, 2.24) is 20.6 Å². The second kappa shape index (κ2) is 22.0. The number of nitrogens with one attached hydrogen (secondary N) is 4. The topological polar surface area (TPSA) is 149 Å². The normalized spacial score (nSPS) is 26.5. The predicted octanol–water partition coefficient (Wildman–Crippen LogP) is 10.5. The van der Waals surface area contributed by atoms with Gasteiger partial charge in [-0.2, -0.15) is 0 Å². The number of methoxy groups -OCH3 is 1. The highest BCUT2D eigenvalue weighted by molar-refractivity contribution is 6.00. The molecule has 0 saturated carbocycles. The molecule has 1 aliphatic carbocycles. The molecule has 2 fully saturated rings. The van der Waals surface area contributed by atoms with Crippen LogP contribution in [0.15, 0.2) is 28.7 Å². The van der Waals surface area contributed by atoms with Crippen molar-refractivity contribution in [2.75, 3.05) is 13.7 Å². The summed E-state index contributed by atoms with van der Waals surface area (Å²) in [6.07, 6.45) is 20.7. The van der Waals surface area contributed by atoms with Crippen LogP contribution in [0, 0.1) is 61.2 Å². The zero-order valence-electron chi connectivity index (χ0n) is 41.8. The van der Waals surface area contributed by atoms with Crippen LogP contribution in [-0.4, -0.2) is 58.0 Å². The highest BCUT2D eigenvalue weighted by Crippen LogP contribution is 2.43. The molecule has 6 rings (SSSR count). The summed E-state index contributed by atoms with van der Waals surface area (Å²) >= 11 is 0. The van der Waals surface area contributed by atoms with Gasteiger partial charge in [-0.25, -0.2) is 0 Å². The van der Waals surface area contributed by atoms with Crippen molar-refractivity contribution >= 4 is 41.3 Å². The van der Waals surface area contributed by atoms with E-state index in [-0.39, 0.29) is 35.2 Å². The summed E-state index contributed by atoms with van der Waals surface area (Å²) in [6, 6.07) is -0.397. The van der Waals surface area contributed by atoms with Crippen molar-refractivity contribution in [3.63, 3.8) is 0 Å². The summed E-state index contributed by atoms with van der Waals surface area (Å²) in [4.78, 5) is 34.2. The highest BCUT2D eigenvalue weighted by atomic mass is 16.6. The number of aromatic nitrogens is 2. The second-order valence-corrected chi connectivity index (χ2v) is 20.8. The Bertz CT molecular complexity index is 2290. The third-order valence-corrected chi connectivity index (χ3v) is 15.5. The number of hydrogen-bond acceptors (Lipinski definition) is 8. The fraction of sp³-hybridized carbons (Fsp3) is 0.636. The minimum Gasteiger partial charge on any atom is -0.510 e. The van der Waals surface area contributed by atoms with Gasteiger partial charge in [-0.05, 0) is 118 Å². The summed E-state index contributed by atoms with van der Waals surface area (Å²) in [5, 5.41) is 32.1. The van der Waals surface area contributed by atoms with Gasteiger partial charge in [0.15, 0.2) is 12.1 Å². The largest absolute Gasteiger partial charge is 0.510 e. The second-order valence-electron chi connectivity index (χ2n) is 20.8. The maximum absolute atomic E-state index is 13.7. The first kappa shape index (κ1) is 50.1. The molecule has 0 spiro atoms. The lowest BCUT2D eigenvalue weighted by Crippen LogP contribution is -2.38. The van der Waals surface area contributed by atoms with E-state index in [9.17, 15) is 19.8 Å². The highest BCUT2D eigenvalue weighted by Gasteiger charge is 2.47. The number of aromatic amines is 2. The van der Waals surface area contributed by atoms with Gasteiger partial charge in [0.2, 0.25) is 0 Å². The van der Waals surface area contributed by atoms with Crippen LogP contribution in [0.3, 0.4) is 0 Å². The molecule has 10 heteroatoms. The van der Waals surface area contributed by atoms with E-state index in [1.165, 1.54) is 57.6 Å². The van der Waals surface area contributed by atoms with E-state index >= 15 is 0 Å². The molecule has 358 valence electrons. The van der Waals surface area contributed by atoms with Crippen LogP contribution in [0.25, 0.3) is 29.6 Å². The quantitative estimate of drug-likeness (QED) is 0.0314. The Balaban J connectivity index is 1.21. The van der Waals surface area contributed by atoms with Gasteiger partial charge in [-0.1, -0.05) is 105 Å². The van der Waals surface area contributed by atoms with E-state index in [0.29, 0.717) is 30.2 Å². The van der Waals surface area contributed by atoms with Crippen molar-refractivity contribution in [3.05, 3.63) is 73.1 Å². The number of carbonyl (C=O) groups is 2. The third kappa shape index (κ3) is 11.3. The number of esters is 1. The van der Waals surface area contributed by atoms with Gasteiger partial charge in [0.25, 0.3) is 0 Å². The smallest absolute Gasteiger partial charge is 0.320 e. The minimum absolute atomic E-state index is 0.00721. The molecule has 6 N–H and O–H groups in total. The van der Waals surface area contributed by atoms with Gasteiger partial charge in [-0.15, -0.1) is 0 Å². The van der Waals surface area contributed by atoms with Crippen LogP contribution in [0.2, 0.25) is 0 Å². The maximum atomic E-state index is 13.7. The van der Waals surface area contributed by atoms with E-state index in [2.05, 4.69) is 100 Å². The number of H-pyrrole nitrogens is 2. The van der Waals surface area contributed by atoms with Gasteiger partial charge in [0.05, 0.1) is 30.8 Å². The number of ether oxygens (including phenoxy) is 2. The molecule has 2 saturated heterocycles. The van der Waals surface area contributed by atoms with E-state index in [4.69, 9.17) is 9.47 Å². The number of hydrogen-bond donors (Lipinski definition) is 6. The van der Waals surface area contributed by atoms with Gasteiger partial charge in [0.1, 0.15) is 11.7 Å². The monoisotopic (exact) mass is 895 g/mol. The number of aliphatic hydroxyl groups is 2. The van der Waals surface area contributed by atoms with Crippen LogP contribution in [-0.2, 0) is 14.3 Å². The number of allylic oxidation sites excluding steroid dienone is 4. The Labute approximate surface area is 389 Å². The van der Waals surface area contributed by atoms with Crippen LogP contribution < -0.4 is 21.2 Å². The lowest BCUT2D eigenvalue weighted by atomic mass is 9.80. The minimum atomic E-state index is -0.997. The molecule has 5 heterocycles. The fourth-order valence-corrected chi connectivity index (χ4v) is 11.3. The number of ketones is 1. The molecule has 9 atom stereocenters. The van der Waals surface area contributed by atoms with Crippen molar-refractivity contribution in [2.45, 2.75) is 166 Å². The van der Waals surface area contributed by atoms with Crippen molar-refractivity contribution in [3.8, 4) is 0 Å². The maximum Gasteiger partial charge on any atom is 0.320 e. The van der Waals surface area contributed by atoms with Gasteiger partial charge < -0.3 is 40.3 Å². The Kier molecular flexibility index (Phi) is 17.0. The first-order valence-electron chi connectivity index (χ1n) is 25.1. The summed E-state index contributed by atoms with van der Waals surface area (Å²) < 4.78 is 11.4. The van der Waals surface area contributed by atoms with E-state index in [1.54, 1.807) is 6.92 Å². The van der Waals surface area contributed by atoms with Crippen molar-refractivity contribution in [2.24, 2.45) is 47.3 Å². The molecule has 0 amide bonds. The molecular formula is C55H82N4O6. The summed E-state index contributed by atoms with van der Waals surface area (Å²) in [7, 11) is 1.36. The lowest BCUT2D eigenvalue weighted by Gasteiger charge is -2.27. The van der Waals surface area contributed by atoms with Crippen LogP contribution in [0.4, 0.5) is 0 Å². The molecule has 2 aromatic rings. The van der Waals surface area contributed by atoms with Gasteiger partial charge in [0, 0.05) is 57.0 Å². The van der Waals surface area contributed by atoms with E-state index < -0.39 is 24.2 Å². The molecule has 8 bridgehead atoms. The summed E-state index contributed by atoms with van der Waals surface area (Å²) in [5.41, 5.74) is 9.91. The fourth-order valence-electron chi connectivity index (χ4n) is 11.3. The molecular weight excluding hydrogens is 813 g/mol. The molecule has 4 aliphatic rings.